The van der Waals surface area contributed by atoms with Gasteiger partial charge in [-0.2, -0.15) is 0 Å². The Bertz CT molecular complexity index is 609. The minimum absolute atomic E-state index is 0.0170. The summed E-state index contributed by atoms with van der Waals surface area (Å²) in [5.41, 5.74) is 3.07. The van der Waals surface area contributed by atoms with Crippen LogP contribution in [0.25, 0.3) is 0 Å². The molecule has 0 radical (unpaired) electrons. The number of hydrogen-bond acceptors (Lipinski definition) is 4. The number of carboxylic acids is 1. The van der Waals surface area contributed by atoms with Gasteiger partial charge >= 0.3 is 0 Å². The Labute approximate surface area is 143 Å². The number of ketones is 1. The van der Waals surface area contributed by atoms with E-state index in [2.05, 4.69) is 4.90 Å². The lowest BCUT2D eigenvalue weighted by atomic mass is 10.0. The van der Waals surface area contributed by atoms with E-state index in [4.69, 9.17) is 0 Å². The summed E-state index contributed by atoms with van der Waals surface area (Å²) in [5.74, 6) is -1.28. The molecule has 0 atom stereocenters. The maximum absolute atomic E-state index is 12.1. The summed E-state index contributed by atoms with van der Waals surface area (Å²) in [6.45, 7) is 5.87. The molecule has 1 N–H and O–H groups in total. The summed E-state index contributed by atoms with van der Waals surface area (Å²) in [6, 6.07) is 5.81. The summed E-state index contributed by atoms with van der Waals surface area (Å²) in [4.78, 5) is 26.7. The second kappa shape index (κ2) is 7.79. The van der Waals surface area contributed by atoms with E-state index in [9.17, 15) is 14.7 Å². The topological polar surface area (TPSA) is 64.9 Å². The molecule has 0 saturated carbocycles. The first kappa shape index (κ1) is 17.0. The van der Waals surface area contributed by atoms with Crippen molar-refractivity contribution in [3.8, 4) is 0 Å². The number of anilines is 1. The normalized spacial score (nSPS) is 17.8. The zero-order valence-corrected chi connectivity index (χ0v) is 14.2. The highest BCUT2D eigenvalue weighted by Gasteiger charge is 2.22. The van der Waals surface area contributed by atoms with Gasteiger partial charge in [0.05, 0.1) is 26.2 Å². The van der Waals surface area contributed by atoms with Crippen molar-refractivity contribution in [3.63, 3.8) is 0 Å². The van der Waals surface area contributed by atoms with Gasteiger partial charge < -0.3 is 19.7 Å². The van der Waals surface area contributed by atoms with Crippen molar-refractivity contribution in [1.82, 2.24) is 0 Å². The van der Waals surface area contributed by atoms with Gasteiger partial charge in [0.1, 0.15) is 0 Å². The number of fused-ring (bicyclic) bond motifs is 1. The van der Waals surface area contributed by atoms with Crippen molar-refractivity contribution in [3.05, 3.63) is 29.3 Å². The van der Waals surface area contributed by atoms with E-state index in [-0.39, 0.29) is 18.6 Å². The summed E-state index contributed by atoms with van der Waals surface area (Å²) in [6.07, 6.45) is 4.85. The molecule has 3 rings (SSSR count). The van der Waals surface area contributed by atoms with Crippen LogP contribution in [0.15, 0.2) is 18.2 Å². The van der Waals surface area contributed by atoms with Crippen LogP contribution in [0.2, 0.25) is 0 Å². The van der Waals surface area contributed by atoms with E-state index in [1.54, 1.807) is 4.90 Å². The van der Waals surface area contributed by atoms with Gasteiger partial charge in [-0.05, 0) is 55.9 Å². The third-order valence-electron chi connectivity index (χ3n) is 5.25. The molecule has 130 valence electrons. The summed E-state index contributed by atoms with van der Waals surface area (Å²) in [5, 5.41) is 10.5. The molecular weight excluding hydrogens is 304 g/mol. The van der Waals surface area contributed by atoms with Crippen LogP contribution >= 0.6 is 0 Å². The number of hydrogen-bond donors (Lipinski definition) is 1. The highest BCUT2D eigenvalue weighted by atomic mass is 16.4. The average molecular weight is 330 g/mol. The van der Waals surface area contributed by atoms with Crippen molar-refractivity contribution in [1.29, 1.82) is 0 Å². The molecule has 2 heterocycles. The van der Waals surface area contributed by atoms with Crippen LogP contribution in [0.4, 0.5) is 5.69 Å². The number of carbonyl (C=O) groups excluding carboxylic acids is 2. The molecule has 2 aliphatic heterocycles. The fourth-order valence-electron chi connectivity index (χ4n) is 3.83. The number of benzene rings is 1. The Kier molecular flexibility index (Phi) is 5.51. The number of Topliss-reactive ketones (excluding diaryl/α,β-unsaturated/α-hetero) is 1. The first-order valence-corrected chi connectivity index (χ1v) is 9.08. The molecular formula is C19H26N2O3. The summed E-state index contributed by atoms with van der Waals surface area (Å²) >= 11 is 0. The molecule has 2 aliphatic rings. The third-order valence-corrected chi connectivity index (χ3v) is 5.25. The molecule has 0 unspecified atom stereocenters. The highest BCUT2D eigenvalue weighted by molar-refractivity contribution is 5.98. The SMILES string of the molecule is O=C([O-])CCC(=O)c1ccc2c(c1)CCN2CC[NH+]1CCCCC1. The van der Waals surface area contributed by atoms with Crippen molar-refractivity contribution < 1.29 is 19.6 Å². The maximum atomic E-state index is 12.1. The van der Waals surface area contributed by atoms with Crippen molar-refractivity contribution in [2.45, 2.75) is 38.5 Å². The summed E-state index contributed by atoms with van der Waals surface area (Å²) < 4.78 is 0. The molecule has 0 aliphatic carbocycles. The lowest BCUT2D eigenvalue weighted by Gasteiger charge is -2.27. The Morgan fingerprint density at radius 3 is 2.67 bits per heavy atom. The predicted octanol–water partition coefficient (Wildman–Crippen LogP) is -0.169. The van der Waals surface area contributed by atoms with Gasteiger partial charge in [0.2, 0.25) is 0 Å². The van der Waals surface area contributed by atoms with Crippen LogP contribution in [0.3, 0.4) is 0 Å². The Balaban J connectivity index is 1.58. The van der Waals surface area contributed by atoms with E-state index in [1.807, 2.05) is 18.2 Å². The smallest absolute Gasteiger partial charge is 0.163 e. The quantitative estimate of drug-likeness (QED) is 0.705. The minimum Gasteiger partial charge on any atom is -0.550 e. The van der Waals surface area contributed by atoms with Gasteiger partial charge in [0.25, 0.3) is 0 Å². The van der Waals surface area contributed by atoms with E-state index < -0.39 is 5.97 Å². The van der Waals surface area contributed by atoms with E-state index in [1.165, 1.54) is 50.1 Å². The van der Waals surface area contributed by atoms with E-state index in [0.717, 1.165) is 19.5 Å². The first-order valence-electron chi connectivity index (χ1n) is 9.08. The number of nitrogens with zero attached hydrogens (tertiary/aromatic N) is 1. The molecule has 0 bridgehead atoms. The lowest BCUT2D eigenvalue weighted by molar-refractivity contribution is -0.903. The van der Waals surface area contributed by atoms with Crippen molar-refractivity contribution in [2.24, 2.45) is 0 Å². The molecule has 0 spiro atoms. The monoisotopic (exact) mass is 330 g/mol. The Hall–Kier alpha value is -1.88. The zero-order valence-electron chi connectivity index (χ0n) is 14.2. The van der Waals surface area contributed by atoms with Gasteiger partial charge in [-0.1, -0.05) is 0 Å². The molecule has 5 heteroatoms. The van der Waals surface area contributed by atoms with Gasteiger partial charge in [-0.15, -0.1) is 0 Å². The van der Waals surface area contributed by atoms with Crippen LogP contribution in [0, 0.1) is 0 Å². The molecule has 1 saturated heterocycles. The third kappa shape index (κ3) is 4.15. The van der Waals surface area contributed by atoms with Crippen LogP contribution in [-0.2, 0) is 11.2 Å². The van der Waals surface area contributed by atoms with Crippen molar-refractivity contribution in [2.75, 3.05) is 37.6 Å². The molecule has 5 nitrogen and oxygen atoms in total. The maximum Gasteiger partial charge on any atom is 0.163 e. The number of carboxylic acid groups (broad SMARTS) is 1. The molecule has 24 heavy (non-hydrogen) atoms. The second-order valence-corrected chi connectivity index (χ2v) is 6.94. The fraction of sp³-hybridized carbons (Fsp3) is 0.579. The van der Waals surface area contributed by atoms with Crippen LogP contribution in [-0.4, -0.2) is 44.5 Å². The average Bonchev–Trinajstić information content (AvgIpc) is 3.01. The standard InChI is InChI=1S/C19H26N2O3/c22-18(6-7-19(23)24)16-4-5-17-15(14-16)8-11-21(17)13-12-20-9-2-1-3-10-20/h4-5,14H,1-3,6-13H2,(H,23,24). The highest BCUT2D eigenvalue weighted by Crippen LogP contribution is 2.28. The van der Waals surface area contributed by atoms with Crippen molar-refractivity contribution >= 4 is 17.4 Å². The van der Waals surface area contributed by atoms with Crippen LogP contribution in [0.5, 0.6) is 0 Å². The second-order valence-electron chi connectivity index (χ2n) is 6.94. The van der Waals surface area contributed by atoms with Gasteiger partial charge in [-0.3, -0.25) is 4.79 Å². The molecule has 1 aromatic rings. The van der Waals surface area contributed by atoms with Gasteiger partial charge in [0.15, 0.2) is 5.78 Å². The molecule has 0 amide bonds. The largest absolute Gasteiger partial charge is 0.550 e. The molecule has 1 fully saturated rings. The minimum atomic E-state index is -1.17. The van der Waals surface area contributed by atoms with Gasteiger partial charge in [-0.25, -0.2) is 0 Å². The number of carbonyl (C=O) groups is 2. The number of aliphatic carboxylic acids is 1. The van der Waals surface area contributed by atoms with Crippen LogP contribution < -0.4 is 14.9 Å². The Morgan fingerprint density at radius 2 is 1.92 bits per heavy atom. The van der Waals surface area contributed by atoms with Gasteiger partial charge in [0, 0.05) is 30.2 Å². The molecule has 0 aromatic heterocycles. The van der Waals surface area contributed by atoms with E-state index in [0.29, 0.717) is 5.56 Å². The first-order chi connectivity index (χ1) is 11.6. The Morgan fingerprint density at radius 1 is 1.12 bits per heavy atom. The lowest BCUT2D eigenvalue weighted by Crippen LogP contribution is -3.13. The van der Waals surface area contributed by atoms with E-state index >= 15 is 0 Å². The number of quaternary nitrogens is 1. The number of nitrogens with one attached hydrogen (secondary N) is 1. The zero-order chi connectivity index (χ0) is 16.9. The van der Waals surface area contributed by atoms with Crippen LogP contribution in [0.1, 0.15) is 48.0 Å². The number of piperidine rings is 1. The fourth-order valence-corrected chi connectivity index (χ4v) is 3.83. The number of rotatable bonds is 7. The molecule has 1 aromatic carbocycles. The summed E-state index contributed by atoms with van der Waals surface area (Å²) in [7, 11) is 0. The number of likely N-dealkylation sites (tertiary alicyclic amines) is 1. The predicted molar refractivity (Wildman–Crippen MR) is 90.3 cm³/mol.